The van der Waals surface area contributed by atoms with E-state index in [9.17, 15) is 4.79 Å². The topological polar surface area (TPSA) is 35.5 Å². The van der Waals surface area contributed by atoms with Gasteiger partial charge in [-0.3, -0.25) is 0 Å². The number of ether oxygens (including phenoxy) is 2. The van der Waals surface area contributed by atoms with Crippen LogP contribution in [-0.4, -0.2) is 12.1 Å². The maximum atomic E-state index is 11.5. The Labute approximate surface area is 117 Å². The summed E-state index contributed by atoms with van der Waals surface area (Å²) in [6, 6.07) is 0. The summed E-state index contributed by atoms with van der Waals surface area (Å²) >= 11 is 23.6. The third-order valence-electron chi connectivity index (χ3n) is 2.28. The normalized spacial score (nSPS) is 18.4. The minimum atomic E-state index is -0.715. The van der Waals surface area contributed by atoms with E-state index in [-0.39, 0.29) is 31.6 Å². The second-order valence-electron chi connectivity index (χ2n) is 3.35. The SMILES string of the molecule is CC[C@H]1Oc2c(Cl)c(Cl)c(Cl)c(Cl)c2OC1=O. The van der Waals surface area contributed by atoms with Gasteiger partial charge in [-0.25, -0.2) is 4.79 Å². The molecule has 0 fully saturated rings. The van der Waals surface area contributed by atoms with E-state index >= 15 is 0 Å². The number of hydrogen-bond acceptors (Lipinski definition) is 3. The molecule has 1 aliphatic heterocycles. The minimum absolute atomic E-state index is 0.0129. The Morgan fingerprint density at radius 2 is 1.53 bits per heavy atom. The Kier molecular flexibility index (Phi) is 3.64. The molecule has 0 aliphatic carbocycles. The summed E-state index contributed by atoms with van der Waals surface area (Å²) < 4.78 is 10.5. The fraction of sp³-hybridized carbons (Fsp3) is 0.300. The third-order valence-corrected chi connectivity index (χ3v) is 4.05. The second kappa shape index (κ2) is 4.73. The van der Waals surface area contributed by atoms with Gasteiger partial charge in [-0.15, -0.1) is 0 Å². The molecule has 17 heavy (non-hydrogen) atoms. The molecule has 0 aromatic heterocycles. The quantitative estimate of drug-likeness (QED) is 0.334. The van der Waals surface area contributed by atoms with Crippen LogP contribution in [0.25, 0.3) is 0 Å². The van der Waals surface area contributed by atoms with Crippen LogP contribution in [0.5, 0.6) is 11.5 Å². The monoisotopic (exact) mass is 314 g/mol. The predicted octanol–water partition coefficient (Wildman–Crippen LogP) is 4.38. The van der Waals surface area contributed by atoms with Gasteiger partial charge in [0.1, 0.15) is 10.0 Å². The summed E-state index contributed by atoms with van der Waals surface area (Å²) in [5.41, 5.74) is 0. The first-order chi connectivity index (χ1) is 7.97. The van der Waals surface area contributed by atoms with Gasteiger partial charge < -0.3 is 9.47 Å². The number of esters is 1. The lowest BCUT2D eigenvalue weighted by Crippen LogP contribution is -2.34. The zero-order valence-electron chi connectivity index (χ0n) is 8.52. The first-order valence-electron chi connectivity index (χ1n) is 4.71. The Balaban J connectivity index is 2.62. The molecule has 7 heteroatoms. The van der Waals surface area contributed by atoms with Crippen molar-refractivity contribution in [2.24, 2.45) is 0 Å². The number of carbonyl (C=O) groups is 1. The van der Waals surface area contributed by atoms with Crippen molar-refractivity contribution in [1.29, 1.82) is 0 Å². The lowest BCUT2D eigenvalue weighted by atomic mass is 10.2. The zero-order chi connectivity index (χ0) is 12.7. The van der Waals surface area contributed by atoms with Crippen LogP contribution in [0.15, 0.2) is 0 Å². The number of benzene rings is 1. The van der Waals surface area contributed by atoms with Crippen molar-refractivity contribution in [3.05, 3.63) is 20.1 Å². The number of rotatable bonds is 1. The van der Waals surface area contributed by atoms with E-state index in [0.717, 1.165) is 0 Å². The first kappa shape index (κ1) is 13.1. The molecule has 1 atom stereocenters. The standard InChI is InChI=1S/C10H6Cl4O3/c1-2-3-10(15)17-9-7(14)5(12)4(11)6(13)8(9)16-3/h3H,2H2,1H3/t3-/m1/s1. The molecule has 0 N–H and O–H groups in total. The highest BCUT2D eigenvalue weighted by molar-refractivity contribution is 6.53. The highest BCUT2D eigenvalue weighted by atomic mass is 35.5. The van der Waals surface area contributed by atoms with Crippen molar-refractivity contribution in [2.75, 3.05) is 0 Å². The van der Waals surface area contributed by atoms with Crippen molar-refractivity contribution in [2.45, 2.75) is 19.4 Å². The van der Waals surface area contributed by atoms with Crippen LogP contribution in [0.3, 0.4) is 0 Å². The van der Waals surface area contributed by atoms with Crippen molar-refractivity contribution >= 4 is 52.4 Å². The van der Waals surface area contributed by atoms with Gasteiger partial charge in [-0.05, 0) is 6.42 Å². The Morgan fingerprint density at radius 3 is 2.06 bits per heavy atom. The number of hydrogen-bond donors (Lipinski definition) is 0. The molecule has 1 aromatic carbocycles. The molecule has 1 aromatic rings. The lowest BCUT2D eigenvalue weighted by molar-refractivity contribution is -0.145. The van der Waals surface area contributed by atoms with Crippen molar-refractivity contribution in [1.82, 2.24) is 0 Å². The zero-order valence-corrected chi connectivity index (χ0v) is 11.5. The molecule has 0 saturated heterocycles. The predicted molar refractivity (Wildman–Crippen MR) is 66.8 cm³/mol. The van der Waals surface area contributed by atoms with Gasteiger partial charge in [-0.1, -0.05) is 53.3 Å². The van der Waals surface area contributed by atoms with E-state index in [1.165, 1.54) is 0 Å². The summed E-state index contributed by atoms with van der Waals surface area (Å²) in [4.78, 5) is 11.5. The van der Waals surface area contributed by atoms with Crippen LogP contribution in [0.4, 0.5) is 0 Å². The van der Waals surface area contributed by atoms with Crippen LogP contribution >= 0.6 is 46.4 Å². The van der Waals surface area contributed by atoms with Gasteiger partial charge in [0.05, 0.1) is 10.0 Å². The Hall–Kier alpha value is -0.350. The molecular formula is C10H6Cl4O3. The average molecular weight is 316 g/mol. The van der Waals surface area contributed by atoms with Gasteiger partial charge >= 0.3 is 5.97 Å². The Bertz CT molecular complexity index is 501. The van der Waals surface area contributed by atoms with E-state index in [1.54, 1.807) is 6.92 Å². The van der Waals surface area contributed by atoms with Crippen molar-refractivity contribution < 1.29 is 14.3 Å². The molecule has 0 unspecified atom stereocenters. The van der Waals surface area contributed by atoms with Crippen molar-refractivity contribution in [3.8, 4) is 11.5 Å². The highest BCUT2D eigenvalue weighted by Crippen LogP contribution is 2.52. The molecule has 0 spiro atoms. The molecule has 0 bridgehead atoms. The van der Waals surface area contributed by atoms with Crippen LogP contribution < -0.4 is 9.47 Å². The molecule has 1 heterocycles. The van der Waals surface area contributed by atoms with Gasteiger partial charge in [0, 0.05) is 0 Å². The van der Waals surface area contributed by atoms with E-state index in [4.69, 9.17) is 55.9 Å². The minimum Gasteiger partial charge on any atom is -0.473 e. The summed E-state index contributed by atoms with van der Waals surface area (Å²) in [5.74, 6) is -0.366. The van der Waals surface area contributed by atoms with Gasteiger partial charge in [0.15, 0.2) is 17.6 Å². The summed E-state index contributed by atoms with van der Waals surface area (Å²) in [6.07, 6.45) is -0.264. The summed E-state index contributed by atoms with van der Waals surface area (Å²) in [5, 5.41) is 0.203. The number of halogens is 4. The van der Waals surface area contributed by atoms with Crippen LogP contribution in [0, 0.1) is 0 Å². The molecule has 0 radical (unpaired) electrons. The molecule has 2 rings (SSSR count). The number of fused-ring (bicyclic) bond motifs is 1. The van der Waals surface area contributed by atoms with Crippen LogP contribution in [0.2, 0.25) is 20.1 Å². The van der Waals surface area contributed by atoms with Crippen LogP contribution in [0.1, 0.15) is 13.3 Å². The fourth-order valence-corrected chi connectivity index (χ4v) is 2.30. The van der Waals surface area contributed by atoms with Crippen molar-refractivity contribution in [3.63, 3.8) is 0 Å². The Morgan fingerprint density at radius 1 is 1.00 bits per heavy atom. The summed E-state index contributed by atoms with van der Waals surface area (Å²) in [7, 11) is 0. The van der Waals surface area contributed by atoms with E-state index < -0.39 is 12.1 Å². The van der Waals surface area contributed by atoms with E-state index in [1.807, 2.05) is 0 Å². The maximum absolute atomic E-state index is 11.5. The van der Waals surface area contributed by atoms with E-state index in [0.29, 0.717) is 6.42 Å². The third kappa shape index (κ3) is 2.06. The molecular weight excluding hydrogens is 310 g/mol. The lowest BCUT2D eigenvalue weighted by Gasteiger charge is -2.26. The number of carbonyl (C=O) groups excluding carboxylic acids is 1. The first-order valence-corrected chi connectivity index (χ1v) is 6.22. The van der Waals surface area contributed by atoms with Crippen LogP contribution in [-0.2, 0) is 4.79 Å². The molecule has 3 nitrogen and oxygen atoms in total. The highest BCUT2D eigenvalue weighted by Gasteiger charge is 2.34. The average Bonchev–Trinajstić information content (AvgIpc) is 2.33. The smallest absolute Gasteiger partial charge is 0.352 e. The van der Waals surface area contributed by atoms with Gasteiger partial charge in [0.25, 0.3) is 0 Å². The van der Waals surface area contributed by atoms with E-state index in [2.05, 4.69) is 0 Å². The largest absolute Gasteiger partial charge is 0.473 e. The second-order valence-corrected chi connectivity index (χ2v) is 4.86. The molecule has 0 saturated carbocycles. The van der Waals surface area contributed by atoms with Gasteiger partial charge in [0.2, 0.25) is 0 Å². The molecule has 1 aliphatic rings. The molecule has 92 valence electrons. The maximum Gasteiger partial charge on any atom is 0.352 e. The fourth-order valence-electron chi connectivity index (χ4n) is 1.39. The summed E-state index contributed by atoms with van der Waals surface area (Å²) in [6.45, 7) is 1.78. The molecule has 0 amide bonds. The van der Waals surface area contributed by atoms with Gasteiger partial charge in [-0.2, -0.15) is 0 Å².